The van der Waals surface area contributed by atoms with Crippen molar-refractivity contribution in [2.24, 2.45) is 0 Å². The van der Waals surface area contributed by atoms with Crippen LogP contribution in [-0.2, 0) is 15.6 Å². The number of benzene rings is 1. The molecular weight excluding hydrogens is 278 g/mol. The molecule has 1 N–H and O–H groups in total. The molecular formula is C14H17NO4S. The second kappa shape index (κ2) is 6.17. The van der Waals surface area contributed by atoms with Crippen molar-refractivity contribution < 1.29 is 18.9 Å². The molecule has 1 amide bonds. The molecule has 0 radical (unpaired) electrons. The smallest absolute Gasteiger partial charge is 0.335 e. The van der Waals surface area contributed by atoms with Gasteiger partial charge in [-0.25, -0.2) is 4.79 Å². The maximum absolute atomic E-state index is 12.2. The number of carboxylic acids is 1. The van der Waals surface area contributed by atoms with Crippen LogP contribution in [0, 0.1) is 6.92 Å². The molecule has 1 unspecified atom stereocenters. The third-order valence-corrected chi connectivity index (χ3v) is 4.70. The Hall–Kier alpha value is -1.69. The van der Waals surface area contributed by atoms with E-state index in [0.717, 1.165) is 25.9 Å². The largest absolute Gasteiger partial charge is 0.478 e. The average molecular weight is 295 g/mol. The molecule has 1 heterocycles. The van der Waals surface area contributed by atoms with Gasteiger partial charge in [0.25, 0.3) is 0 Å². The Morgan fingerprint density at radius 2 is 1.95 bits per heavy atom. The van der Waals surface area contributed by atoms with E-state index in [4.69, 9.17) is 5.11 Å². The Bertz CT molecular complexity index is 564. The number of nitrogens with zero attached hydrogens (tertiary/aromatic N) is 1. The topological polar surface area (TPSA) is 74.7 Å². The fraction of sp³-hybridized carbons (Fsp3) is 0.429. The highest BCUT2D eigenvalue weighted by atomic mass is 32.2. The van der Waals surface area contributed by atoms with Crippen LogP contribution in [0.1, 0.15) is 28.8 Å². The molecule has 0 aromatic heterocycles. The van der Waals surface area contributed by atoms with Gasteiger partial charge in [-0.1, -0.05) is 6.07 Å². The number of carbonyl (C=O) groups is 2. The quantitative estimate of drug-likeness (QED) is 0.911. The van der Waals surface area contributed by atoms with Gasteiger partial charge in [0.15, 0.2) is 0 Å². The van der Waals surface area contributed by atoms with Crippen LogP contribution in [0.3, 0.4) is 0 Å². The Morgan fingerprint density at radius 1 is 1.30 bits per heavy atom. The first-order chi connectivity index (χ1) is 9.49. The van der Waals surface area contributed by atoms with Crippen LogP contribution in [0.4, 0.5) is 0 Å². The molecule has 0 bridgehead atoms. The number of hydrogen-bond acceptors (Lipinski definition) is 3. The zero-order valence-electron chi connectivity index (χ0n) is 11.3. The lowest BCUT2D eigenvalue weighted by Crippen LogP contribution is -2.31. The lowest BCUT2D eigenvalue weighted by atomic mass is 10.1. The van der Waals surface area contributed by atoms with Crippen LogP contribution in [0.25, 0.3) is 0 Å². The first-order valence-electron chi connectivity index (χ1n) is 6.49. The summed E-state index contributed by atoms with van der Waals surface area (Å²) in [6.45, 7) is 3.14. The van der Waals surface area contributed by atoms with Crippen molar-refractivity contribution in [1.29, 1.82) is 0 Å². The summed E-state index contributed by atoms with van der Waals surface area (Å²) in [5.41, 5.74) is 0.744. The Labute approximate surface area is 120 Å². The standard InChI is InChI=1S/C14H17NO4S/c1-10-4-5-11(8-12(10)14(17)18)20(19)9-13(16)15-6-2-3-7-15/h4-5,8H,2-3,6-7,9H2,1H3,(H,17,18). The fourth-order valence-corrected chi connectivity index (χ4v) is 3.27. The molecule has 1 aromatic rings. The Balaban J connectivity index is 2.11. The zero-order chi connectivity index (χ0) is 14.7. The molecule has 1 aromatic carbocycles. The van der Waals surface area contributed by atoms with E-state index in [1.54, 1.807) is 24.0 Å². The third kappa shape index (κ3) is 3.25. The molecule has 1 aliphatic rings. The van der Waals surface area contributed by atoms with Crippen molar-refractivity contribution in [2.75, 3.05) is 18.8 Å². The van der Waals surface area contributed by atoms with E-state index in [1.165, 1.54) is 6.07 Å². The predicted molar refractivity (Wildman–Crippen MR) is 75.2 cm³/mol. The van der Waals surface area contributed by atoms with Crippen molar-refractivity contribution >= 4 is 22.7 Å². The van der Waals surface area contributed by atoms with Gasteiger partial charge in [-0.3, -0.25) is 9.00 Å². The van der Waals surface area contributed by atoms with Crippen LogP contribution < -0.4 is 0 Å². The highest BCUT2D eigenvalue weighted by Gasteiger charge is 2.21. The summed E-state index contributed by atoms with van der Waals surface area (Å²) in [6.07, 6.45) is 1.98. The summed E-state index contributed by atoms with van der Waals surface area (Å²) in [4.78, 5) is 25.1. The van der Waals surface area contributed by atoms with Gasteiger partial charge >= 0.3 is 5.97 Å². The predicted octanol–water partition coefficient (Wildman–Crippen LogP) is 1.42. The third-order valence-electron chi connectivity index (χ3n) is 3.42. The van der Waals surface area contributed by atoms with Gasteiger partial charge in [0, 0.05) is 18.0 Å². The number of aromatic carboxylic acids is 1. The summed E-state index contributed by atoms with van der Waals surface area (Å²) in [6, 6.07) is 4.64. The van der Waals surface area contributed by atoms with Crippen molar-refractivity contribution in [3.05, 3.63) is 29.3 Å². The highest BCUT2D eigenvalue weighted by molar-refractivity contribution is 7.85. The second-order valence-corrected chi connectivity index (χ2v) is 6.31. The molecule has 20 heavy (non-hydrogen) atoms. The summed E-state index contributed by atoms with van der Waals surface area (Å²) in [7, 11) is -1.50. The molecule has 0 saturated carbocycles. The van der Waals surface area contributed by atoms with Crippen molar-refractivity contribution in [1.82, 2.24) is 4.90 Å². The van der Waals surface area contributed by atoms with Crippen LogP contribution in [-0.4, -0.2) is 44.9 Å². The van der Waals surface area contributed by atoms with Crippen LogP contribution in [0.5, 0.6) is 0 Å². The molecule has 5 nitrogen and oxygen atoms in total. The van der Waals surface area contributed by atoms with E-state index in [2.05, 4.69) is 0 Å². The summed E-state index contributed by atoms with van der Waals surface area (Å²) < 4.78 is 12.2. The highest BCUT2D eigenvalue weighted by Crippen LogP contribution is 2.16. The zero-order valence-corrected chi connectivity index (χ0v) is 12.1. The molecule has 1 atom stereocenters. The molecule has 6 heteroatoms. The van der Waals surface area contributed by atoms with Crippen LogP contribution >= 0.6 is 0 Å². The number of likely N-dealkylation sites (tertiary alicyclic amines) is 1. The first kappa shape index (κ1) is 14.7. The SMILES string of the molecule is Cc1ccc(S(=O)CC(=O)N2CCCC2)cc1C(=O)O. The Kier molecular flexibility index (Phi) is 4.54. The van der Waals surface area contributed by atoms with Gasteiger partial charge in [0.1, 0.15) is 5.75 Å². The lowest BCUT2D eigenvalue weighted by molar-refractivity contribution is -0.127. The summed E-state index contributed by atoms with van der Waals surface area (Å²) in [5.74, 6) is -1.26. The lowest BCUT2D eigenvalue weighted by Gasteiger charge is -2.14. The molecule has 0 aliphatic carbocycles. The van der Waals surface area contributed by atoms with Gasteiger partial charge in [-0.2, -0.15) is 0 Å². The van der Waals surface area contributed by atoms with Crippen molar-refractivity contribution in [3.63, 3.8) is 0 Å². The summed E-state index contributed by atoms with van der Waals surface area (Å²) >= 11 is 0. The molecule has 2 rings (SSSR count). The molecule has 0 spiro atoms. The number of carboxylic acid groups (broad SMARTS) is 1. The van der Waals surface area contributed by atoms with E-state index < -0.39 is 16.8 Å². The maximum atomic E-state index is 12.2. The molecule has 1 saturated heterocycles. The first-order valence-corrected chi connectivity index (χ1v) is 7.81. The van der Waals surface area contributed by atoms with Gasteiger partial charge < -0.3 is 10.0 Å². The number of carbonyl (C=O) groups excluding carboxylic acids is 1. The summed E-state index contributed by atoms with van der Waals surface area (Å²) in [5, 5.41) is 9.05. The number of aryl methyl sites for hydroxylation is 1. The minimum absolute atomic E-state index is 0.0812. The number of rotatable bonds is 4. The van der Waals surface area contributed by atoms with Gasteiger partial charge in [-0.15, -0.1) is 0 Å². The normalized spacial score (nSPS) is 16.1. The monoisotopic (exact) mass is 295 g/mol. The fourth-order valence-electron chi connectivity index (χ4n) is 2.23. The van der Waals surface area contributed by atoms with Crippen molar-refractivity contribution in [3.8, 4) is 0 Å². The minimum Gasteiger partial charge on any atom is -0.478 e. The molecule has 1 aliphatic heterocycles. The van der Waals surface area contributed by atoms with E-state index in [9.17, 15) is 13.8 Å². The van der Waals surface area contributed by atoms with Crippen LogP contribution in [0.2, 0.25) is 0 Å². The maximum Gasteiger partial charge on any atom is 0.335 e. The van der Waals surface area contributed by atoms with E-state index >= 15 is 0 Å². The van der Waals surface area contributed by atoms with E-state index in [-0.39, 0.29) is 17.2 Å². The van der Waals surface area contributed by atoms with E-state index in [1.807, 2.05) is 0 Å². The number of hydrogen-bond donors (Lipinski definition) is 1. The second-order valence-electron chi connectivity index (χ2n) is 4.86. The van der Waals surface area contributed by atoms with Gasteiger partial charge in [0.05, 0.1) is 16.4 Å². The minimum atomic E-state index is -1.50. The van der Waals surface area contributed by atoms with Gasteiger partial charge in [0.2, 0.25) is 5.91 Å². The van der Waals surface area contributed by atoms with Crippen molar-refractivity contribution in [2.45, 2.75) is 24.7 Å². The Morgan fingerprint density at radius 3 is 2.55 bits per heavy atom. The van der Waals surface area contributed by atoms with Gasteiger partial charge in [-0.05, 0) is 37.5 Å². The van der Waals surface area contributed by atoms with Crippen LogP contribution in [0.15, 0.2) is 23.1 Å². The molecule has 1 fully saturated rings. The molecule has 108 valence electrons. The van der Waals surface area contributed by atoms with E-state index in [0.29, 0.717) is 10.5 Å². The average Bonchev–Trinajstić information content (AvgIpc) is 2.92. The number of amides is 1.